The summed E-state index contributed by atoms with van der Waals surface area (Å²) in [6, 6.07) is 2.19. The molecule has 3 saturated heterocycles. The Morgan fingerprint density at radius 2 is 1.92 bits per heavy atom. The molecule has 0 radical (unpaired) electrons. The Bertz CT molecular complexity index is 633. The van der Waals surface area contributed by atoms with Crippen molar-refractivity contribution in [2.75, 3.05) is 50.8 Å². The summed E-state index contributed by atoms with van der Waals surface area (Å²) in [5.41, 5.74) is 1.13. The summed E-state index contributed by atoms with van der Waals surface area (Å²) in [5.74, 6) is 2.55. The molecule has 3 fully saturated rings. The maximum absolute atomic E-state index is 12.6. The highest BCUT2D eigenvalue weighted by molar-refractivity contribution is 5.82. The summed E-state index contributed by atoms with van der Waals surface area (Å²) in [4.78, 5) is 26.2. The molecule has 1 N–H and O–H groups in total. The van der Waals surface area contributed by atoms with E-state index in [1.165, 1.54) is 0 Å². The van der Waals surface area contributed by atoms with Crippen LogP contribution in [0.5, 0.6) is 0 Å². The Labute approximate surface area is 155 Å². The maximum atomic E-state index is 12.6. The van der Waals surface area contributed by atoms with Gasteiger partial charge in [-0.25, -0.2) is 9.97 Å². The number of hydrogen-bond acceptors (Lipinski definition) is 6. The third-order valence-corrected chi connectivity index (χ3v) is 5.76. The number of morpholine rings is 1. The van der Waals surface area contributed by atoms with Crippen LogP contribution in [0.25, 0.3) is 0 Å². The monoisotopic (exact) mass is 359 g/mol. The van der Waals surface area contributed by atoms with E-state index >= 15 is 0 Å². The van der Waals surface area contributed by atoms with E-state index in [-0.39, 0.29) is 11.9 Å². The summed E-state index contributed by atoms with van der Waals surface area (Å²) in [6.45, 7) is 7.89. The Balaban J connectivity index is 1.40. The molecule has 3 aliphatic heterocycles. The Hall–Kier alpha value is -1.73. The van der Waals surface area contributed by atoms with Crippen molar-refractivity contribution >= 4 is 11.7 Å². The van der Waals surface area contributed by atoms with E-state index in [0.717, 1.165) is 89.0 Å². The highest BCUT2D eigenvalue weighted by Crippen LogP contribution is 2.29. The number of aryl methyl sites for hydroxylation is 1. The normalized spacial score (nSPS) is 24.9. The van der Waals surface area contributed by atoms with Crippen molar-refractivity contribution in [3.05, 3.63) is 17.6 Å². The number of carbonyl (C=O) groups excluding carboxylic acids is 1. The predicted molar refractivity (Wildman–Crippen MR) is 99.4 cm³/mol. The predicted octanol–water partition coefficient (Wildman–Crippen LogP) is 1.08. The number of amides is 1. The number of anilines is 1. The van der Waals surface area contributed by atoms with Gasteiger partial charge in [0.25, 0.3) is 0 Å². The molecule has 3 aliphatic rings. The summed E-state index contributed by atoms with van der Waals surface area (Å²) in [6.07, 6.45) is 4.05. The van der Waals surface area contributed by atoms with Gasteiger partial charge < -0.3 is 19.9 Å². The molecular formula is C19H29N5O2. The van der Waals surface area contributed by atoms with Gasteiger partial charge in [0, 0.05) is 43.9 Å². The number of nitrogens with one attached hydrogen (secondary N) is 1. The van der Waals surface area contributed by atoms with Crippen molar-refractivity contribution in [2.24, 2.45) is 0 Å². The van der Waals surface area contributed by atoms with Crippen LogP contribution >= 0.6 is 0 Å². The van der Waals surface area contributed by atoms with E-state index in [0.29, 0.717) is 5.92 Å². The Morgan fingerprint density at radius 1 is 1.15 bits per heavy atom. The quantitative estimate of drug-likeness (QED) is 0.871. The second kappa shape index (κ2) is 7.88. The first-order chi connectivity index (χ1) is 12.7. The van der Waals surface area contributed by atoms with Gasteiger partial charge in [0.15, 0.2) is 0 Å². The minimum Gasteiger partial charge on any atom is -0.378 e. The van der Waals surface area contributed by atoms with E-state index in [1.54, 1.807) is 0 Å². The van der Waals surface area contributed by atoms with Crippen molar-refractivity contribution in [3.63, 3.8) is 0 Å². The van der Waals surface area contributed by atoms with Crippen molar-refractivity contribution in [1.29, 1.82) is 0 Å². The van der Waals surface area contributed by atoms with Crippen LogP contribution in [0.3, 0.4) is 0 Å². The lowest BCUT2D eigenvalue weighted by molar-refractivity contribution is -0.134. The molecular weight excluding hydrogens is 330 g/mol. The molecule has 1 amide bonds. The topological polar surface area (TPSA) is 70.6 Å². The van der Waals surface area contributed by atoms with Crippen molar-refractivity contribution in [1.82, 2.24) is 20.2 Å². The van der Waals surface area contributed by atoms with Gasteiger partial charge in [-0.3, -0.25) is 4.79 Å². The van der Waals surface area contributed by atoms with Crippen LogP contribution in [0.4, 0.5) is 5.82 Å². The van der Waals surface area contributed by atoms with Crippen LogP contribution in [0.1, 0.15) is 43.1 Å². The molecule has 7 nitrogen and oxygen atoms in total. The van der Waals surface area contributed by atoms with E-state index < -0.39 is 0 Å². The SMILES string of the molecule is Cc1nc(C2CCN(C(=O)[C@H]3CCCN3)CC2)cc(N2CCOCC2)n1. The molecule has 0 bridgehead atoms. The fourth-order valence-electron chi connectivity index (χ4n) is 4.25. The molecule has 4 rings (SSSR count). The van der Waals surface area contributed by atoms with Gasteiger partial charge in [0.1, 0.15) is 11.6 Å². The summed E-state index contributed by atoms with van der Waals surface area (Å²) >= 11 is 0. The standard InChI is InChI=1S/C19H29N5O2/c1-14-21-17(13-18(22-14)23-9-11-26-12-10-23)15-4-7-24(8-5-15)19(25)16-3-2-6-20-16/h13,15-16,20H,2-12H2,1H3/t16-/m1/s1. The lowest BCUT2D eigenvalue weighted by Crippen LogP contribution is -2.46. The molecule has 0 saturated carbocycles. The second-order valence-corrected chi connectivity index (χ2v) is 7.55. The lowest BCUT2D eigenvalue weighted by atomic mass is 9.92. The maximum Gasteiger partial charge on any atom is 0.239 e. The van der Waals surface area contributed by atoms with Gasteiger partial charge in [0.2, 0.25) is 5.91 Å². The average Bonchev–Trinajstić information content (AvgIpc) is 3.22. The highest BCUT2D eigenvalue weighted by atomic mass is 16.5. The van der Waals surface area contributed by atoms with Gasteiger partial charge in [-0.15, -0.1) is 0 Å². The zero-order valence-corrected chi connectivity index (χ0v) is 15.6. The number of carbonyl (C=O) groups is 1. The summed E-state index contributed by atoms with van der Waals surface area (Å²) in [5, 5.41) is 3.32. The fraction of sp³-hybridized carbons (Fsp3) is 0.737. The zero-order chi connectivity index (χ0) is 17.9. The van der Waals surface area contributed by atoms with Gasteiger partial charge >= 0.3 is 0 Å². The number of rotatable bonds is 3. The van der Waals surface area contributed by atoms with Crippen molar-refractivity contribution in [2.45, 2.75) is 44.6 Å². The first-order valence-corrected chi connectivity index (χ1v) is 9.91. The summed E-state index contributed by atoms with van der Waals surface area (Å²) in [7, 11) is 0. The number of piperidine rings is 1. The molecule has 1 aromatic rings. The van der Waals surface area contributed by atoms with Crippen LogP contribution in [-0.4, -0.2) is 72.8 Å². The lowest BCUT2D eigenvalue weighted by Gasteiger charge is -2.34. The van der Waals surface area contributed by atoms with Crippen LogP contribution < -0.4 is 10.2 Å². The van der Waals surface area contributed by atoms with E-state index in [4.69, 9.17) is 9.72 Å². The number of aromatic nitrogens is 2. The Kier molecular flexibility index (Phi) is 5.36. The minimum atomic E-state index is 0.0424. The van der Waals surface area contributed by atoms with Gasteiger partial charge in [-0.2, -0.15) is 0 Å². The molecule has 0 aromatic carbocycles. The summed E-state index contributed by atoms with van der Waals surface area (Å²) < 4.78 is 5.45. The second-order valence-electron chi connectivity index (χ2n) is 7.55. The van der Waals surface area contributed by atoms with Crippen molar-refractivity contribution in [3.8, 4) is 0 Å². The molecule has 0 spiro atoms. The molecule has 26 heavy (non-hydrogen) atoms. The van der Waals surface area contributed by atoms with Gasteiger partial charge in [-0.1, -0.05) is 0 Å². The molecule has 7 heteroatoms. The first kappa shape index (κ1) is 17.7. The molecule has 0 aliphatic carbocycles. The van der Waals surface area contributed by atoms with Crippen LogP contribution in [-0.2, 0) is 9.53 Å². The van der Waals surface area contributed by atoms with Crippen LogP contribution in [0.2, 0.25) is 0 Å². The minimum absolute atomic E-state index is 0.0424. The molecule has 142 valence electrons. The number of ether oxygens (including phenoxy) is 1. The van der Waals surface area contributed by atoms with Crippen LogP contribution in [0, 0.1) is 6.92 Å². The smallest absolute Gasteiger partial charge is 0.239 e. The number of likely N-dealkylation sites (tertiary alicyclic amines) is 1. The van der Waals surface area contributed by atoms with E-state index in [1.807, 2.05) is 11.8 Å². The molecule has 4 heterocycles. The highest BCUT2D eigenvalue weighted by Gasteiger charge is 2.31. The van der Waals surface area contributed by atoms with Gasteiger partial charge in [0.05, 0.1) is 19.3 Å². The largest absolute Gasteiger partial charge is 0.378 e. The van der Waals surface area contributed by atoms with Crippen molar-refractivity contribution < 1.29 is 9.53 Å². The third-order valence-electron chi connectivity index (χ3n) is 5.76. The van der Waals surface area contributed by atoms with E-state index in [2.05, 4.69) is 21.3 Å². The molecule has 1 atom stereocenters. The van der Waals surface area contributed by atoms with E-state index in [9.17, 15) is 4.79 Å². The third kappa shape index (κ3) is 3.83. The first-order valence-electron chi connectivity index (χ1n) is 9.91. The fourth-order valence-corrected chi connectivity index (χ4v) is 4.25. The Morgan fingerprint density at radius 3 is 2.62 bits per heavy atom. The van der Waals surface area contributed by atoms with Crippen LogP contribution in [0.15, 0.2) is 6.07 Å². The molecule has 0 unspecified atom stereocenters. The zero-order valence-electron chi connectivity index (χ0n) is 15.6. The average molecular weight is 359 g/mol. The number of nitrogens with zero attached hydrogens (tertiary/aromatic N) is 4. The molecule has 1 aromatic heterocycles. The van der Waals surface area contributed by atoms with Gasteiger partial charge in [-0.05, 0) is 39.2 Å². The number of hydrogen-bond donors (Lipinski definition) is 1.